The molecule has 2 N–H and O–H groups in total. The SMILES string of the molecule is CC(=O)NCC(=O)N(CCO)C1CC1. The summed E-state index contributed by atoms with van der Waals surface area (Å²) < 4.78 is 0. The van der Waals surface area contributed by atoms with E-state index in [0.29, 0.717) is 6.54 Å². The summed E-state index contributed by atoms with van der Waals surface area (Å²) in [7, 11) is 0. The van der Waals surface area contributed by atoms with Gasteiger partial charge < -0.3 is 15.3 Å². The zero-order chi connectivity index (χ0) is 10.6. The van der Waals surface area contributed by atoms with Crippen molar-refractivity contribution in [1.29, 1.82) is 0 Å². The summed E-state index contributed by atoms with van der Waals surface area (Å²) in [4.78, 5) is 23.7. The monoisotopic (exact) mass is 200 g/mol. The van der Waals surface area contributed by atoms with Gasteiger partial charge in [-0.05, 0) is 12.8 Å². The second kappa shape index (κ2) is 4.95. The van der Waals surface area contributed by atoms with E-state index in [1.165, 1.54) is 6.92 Å². The number of carbonyl (C=O) groups excluding carboxylic acids is 2. The van der Waals surface area contributed by atoms with Gasteiger partial charge >= 0.3 is 0 Å². The van der Waals surface area contributed by atoms with Crippen molar-refractivity contribution >= 4 is 11.8 Å². The molecular weight excluding hydrogens is 184 g/mol. The van der Waals surface area contributed by atoms with Crippen LogP contribution in [0.1, 0.15) is 19.8 Å². The molecule has 5 heteroatoms. The summed E-state index contributed by atoms with van der Waals surface area (Å²) in [6.07, 6.45) is 2.01. The van der Waals surface area contributed by atoms with E-state index >= 15 is 0 Å². The van der Waals surface area contributed by atoms with Gasteiger partial charge in [-0.1, -0.05) is 0 Å². The fraction of sp³-hybridized carbons (Fsp3) is 0.778. The lowest BCUT2D eigenvalue weighted by Crippen LogP contribution is -2.42. The van der Waals surface area contributed by atoms with E-state index in [2.05, 4.69) is 5.32 Å². The van der Waals surface area contributed by atoms with E-state index in [-0.39, 0.29) is 31.0 Å². The number of hydrogen-bond acceptors (Lipinski definition) is 3. The topological polar surface area (TPSA) is 69.6 Å². The van der Waals surface area contributed by atoms with Crippen LogP contribution in [-0.4, -0.2) is 47.6 Å². The fourth-order valence-electron chi connectivity index (χ4n) is 1.31. The lowest BCUT2D eigenvalue weighted by molar-refractivity contribution is -0.133. The van der Waals surface area contributed by atoms with Crippen LogP contribution in [0.4, 0.5) is 0 Å². The standard InChI is InChI=1S/C9H16N2O3/c1-7(13)10-6-9(14)11(4-5-12)8-2-3-8/h8,12H,2-6H2,1H3,(H,10,13). The third-order valence-corrected chi connectivity index (χ3v) is 2.14. The van der Waals surface area contributed by atoms with Crippen LogP contribution in [-0.2, 0) is 9.59 Å². The second-order valence-corrected chi connectivity index (χ2v) is 3.45. The molecule has 1 fully saturated rings. The van der Waals surface area contributed by atoms with Crippen LogP contribution >= 0.6 is 0 Å². The number of rotatable bonds is 5. The molecular formula is C9H16N2O3. The maximum absolute atomic E-state index is 11.5. The van der Waals surface area contributed by atoms with Gasteiger partial charge in [-0.2, -0.15) is 0 Å². The van der Waals surface area contributed by atoms with E-state index in [4.69, 9.17) is 5.11 Å². The van der Waals surface area contributed by atoms with Gasteiger partial charge in [0.25, 0.3) is 0 Å². The van der Waals surface area contributed by atoms with Crippen LogP contribution in [0.2, 0.25) is 0 Å². The predicted molar refractivity (Wildman–Crippen MR) is 50.5 cm³/mol. The number of amides is 2. The number of nitrogens with one attached hydrogen (secondary N) is 1. The summed E-state index contributed by atoms with van der Waals surface area (Å²) in [5, 5.41) is 11.2. The molecule has 0 unspecified atom stereocenters. The Kier molecular flexibility index (Phi) is 3.88. The molecule has 0 aliphatic heterocycles. The summed E-state index contributed by atoms with van der Waals surface area (Å²) in [6.45, 7) is 1.75. The Balaban J connectivity index is 2.34. The highest BCUT2D eigenvalue weighted by Crippen LogP contribution is 2.26. The van der Waals surface area contributed by atoms with E-state index in [9.17, 15) is 9.59 Å². The first-order valence-corrected chi connectivity index (χ1v) is 4.80. The van der Waals surface area contributed by atoms with E-state index < -0.39 is 0 Å². The van der Waals surface area contributed by atoms with Gasteiger partial charge in [0.05, 0.1) is 13.2 Å². The first kappa shape index (κ1) is 11.0. The lowest BCUT2D eigenvalue weighted by atomic mass is 10.4. The average Bonchev–Trinajstić information content (AvgIpc) is 2.93. The van der Waals surface area contributed by atoms with Crippen LogP contribution in [0.3, 0.4) is 0 Å². The molecule has 0 atom stereocenters. The van der Waals surface area contributed by atoms with Gasteiger partial charge in [-0.15, -0.1) is 0 Å². The molecule has 0 bridgehead atoms. The lowest BCUT2D eigenvalue weighted by Gasteiger charge is -2.21. The molecule has 0 aromatic rings. The summed E-state index contributed by atoms with van der Waals surface area (Å²) in [5.41, 5.74) is 0. The molecule has 1 saturated carbocycles. The Bertz CT molecular complexity index is 226. The van der Waals surface area contributed by atoms with Gasteiger partial charge in [0.1, 0.15) is 0 Å². The van der Waals surface area contributed by atoms with Crippen LogP contribution in [0, 0.1) is 0 Å². The zero-order valence-corrected chi connectivity index (χ0v) is 8.32. The molecule has 80 valence electrons. The molecule has 14 heavy (non-hydrogen) atoms. The first-order valence-electron chi connectivity index (χ1n) is 4.80. The molecule has 0 heterocycles. The third-order valence-electron chi connectivity index (χ3n) is 2.14. The van der Waals surface area contributed by atoms with Gasteiger partial charge in [0, 0.05) is 19.5 Å². The molecule has 0 saturated heterocycles. The van der Waals surface area contributed by atoms with Crippen LogP contribution in [0.15, 0.2) is 0 Å². The molecule has 1 aliphatic carbocycles. The summed E-state index contributed by atoms with van der Waals surface area (Å²) in [6, 6.07) is 0.281. The Labute approximate surface area is 83.1 Å². The van der Waals surface area contributed by atoms with Gasteiger partial charge in [0.15, 0.2) is 0 Å². The van der Waals surface area contributed by atoms with Crippen molar-refractivity contribution in [2.24, 2.45) is 0 Å². The number of hydrogen-bond donors (Lipinski definition) is 2. The highest BCUT2D eigenvalue weighted by Gasteiger charge is 2.31. The minimum Gasteiger partial charge on any atom is -0.395 e. The molecule has 1 rings (SSSR count). The van der Waals surface area contributed by atoms with E-state index in [1.54, 1.807) is 4.90 Å². The van der Waals surface area contributed by atoms with Gasteiger partial charge in [-0.25, -0.2) is 0 Å². The van der Waals surface area contributed by atoms with Crippen molar-refractivity contribution in [2.45, 2.75) is 25.8 Å². The Morgan fingerprint density at radius 3 is 2.57 bits per heavy atom. The Morgan fingerprint density at radius 2 is 2.14 bits per heavy atom. The van der Waals surface area contributed by atoms with Gasteiger partial charge in [0.2, 0.25) is 11.8 Å². The molecule has 0 spiro atoms. The molecule has 0 radical (unpaired) electrons. The minimum atomic E-state index is -0.210. The van der Waals surface area contributed by atoms with Crippen molar-refractivity contribution in [3.05, 3.63) is 0 Å². The largest absolute Gasteiger partial charge is 0.395 e. The van der Waals surface area contributed by atoms with Crippen molar-refractivity contribution in [1.82, 2.24) is 10.2 Å². The van der Waals surface area contributed by atoms with Crippen molar-refractivity contribution < 1.29 is 14.7 Å². The van der Waals surface area contributed by atoms with Crippen molar-refractivity contribution in [3.63, 3.8) is 0 Å². The van der Waals surface area contributed by atoms with Gasteiger partial charge in [-0.3, -0.25) is 9.59 Å². The molecule has 0 aromatic heterocycles. The maximum atomic E-state index is 11.5. The Morgan fingerprint density at radius 1 is 1.50 bits per heavy atom. The van der Waals surface area contributed by atoms with E-state index in [0.717, 1.165) is 12.8 Å². The first-order chi connectivity index (χ1) is 6.65. The van der Waals surface area contributed by atoms with Crippen LogP contribution in [0.5, 0.6) is 0 Å². The minimum absolute atomic E-state index is 0.0255. The quantitative estimate of drug-likeness (QED) is 0.604. The average molecular weight is 200 g/mol. The predicted octanol–water partition coefficient (Wildman–Crippen LogP) is -0.894. The van der Waals surface area contributed by atoms with Crippen LogP contribution < -0.4 is 5.32 Å². The third kappa shape index (κ3) is 3.33. The normalized spacial score (nSPS) is 15.0. The molecule has 5 nitrogen and oxygen atoms in total. The number of carbonyl (C=O) groups is 2. The molecule has 0 aromatic carbocycles. The zero-order valence-electron chi connectivity index (χ0n) is 8.32. The Hall–Kier alpha value is -1.10. The second-order valence-electron chi connectivity index (χ2n) is 3.45. The van der Waals surface area contributed by atoms with Crippen LogP contribution in [0.25, 0.3) is 0 Å². The highest BCUT2D eigenvalue weighted by molar-refractivity contribution is 5.84. The number of aliphatic hydroxyl groups is 1. The maximum Gasteiger partial charge on any atom is 0.242 e. The summed E-state index contributed by atoms with van der Waals surface area (Å²) in [5.74, 6) is -0.324. The smallest absolute Gasteiger partial charge is 0.242 e. The number of nitrogens with zero attached hydrogens (tertiary/aromatic N) is 1. The van der Waals surface area contributed by atoms with Crippen molar-refractivity contribution in [2.75, 3.05) is 19.7 Å². The fourth-order valence-corrected chi connectivity index (χ4v) is 1.31. The summed E-state index contributed by atoms with van der Waals surface area (Å²) >= 11 is 0. The molecule has 2 amide bonds. The number of aliphatic hydroxyl groups excluding tert-OH is 1. The highest BCUT2D eigenvalue weighted by atomic mass is 16.3. The van der Waals surface area contributed by atoms with E-state index in [1.807, 2.05) is 0 Å². The molecule has 1 aliphatic rings. The van der Waals surface area contributed by atoms with Crippen molar-refractivity contribution in [3.8, 4) is 0 Å².